The van der Waals surface area contributed by atoms with Crippen molar-refractivity contribution in [1.29, 1.82) is 0 Å². The van der Waals surface area contributed by atoms with Crippen LogP contribution in [0.15, 0.2) is 24.3 Å². The van der Waals surface area contributed by atoms with Crippen LogP contribution in [0.2, 0.25) is 0 Å². The Morgan fingerprint density at radius 2 is 2.07 bits per heavy atom. The number of aryl methyl sites for hydroxylation is 2. The van der Waals surface area contributed by atoms with Gasteiger partial charge in [-0.15, -0.1) is 11.3 Å². The fraction of sp³-hybridized carbons (Fsp3) is 0.409. The minimum atomic E-state index is -0.323. The number of nitrogens with two attached hydrogens (primary N) is 1. The fourth-order valence-corrected chi connectivity index (χ4v) is 5.79. The van der Waals surface area contributed by atoms with Crippen molar-refractivity contribution >= 4 is 23.1 Å². The summed E-state index contributed by atoms with van der Waals surface area (Å²) in [7, 11) is 0. The monoisotopic (exact) mass is 423 g/mol. The summed E-state index contributed by atoms with van der Waals surface area (Å²) in [6.07, 6.45) is 2.49. The topological polar surface area (TPSA) is 97.1 Å². The minimum Gasteiger partial charge on any atom is -0.384 e. The Bertz CT molecular complexity index is 1110. The zero-order valence-electron chi connectivity index (χ0n) is 17.2. The zero-order valence-corrected chi connectivity index (χ0v) is 18.0. The van der Waals surface area contributed by atoms with E-state index in [1.165, 1.54) is 10.4 Å². The number of likely N-dealkylation sites (tertiary alicyclic amines) is 1. The molecular weight excluding hydrogens is 398 g/mol. The lowest BCUT2D eigenvalue weighted by Crippen LogP contribution is -2.48. The number of hydrogen-bond acceptors (Lipinski definition) is 6. The molecule has 2 aliphatic rings. The Balaban J connectivity index is 1.39. The van der Waals surface area contributed by atoms with Gasteiger partial charge in [-0.2, -0.15) is 0 Å². The van der Waals surface area contributed by atoms with Crippen LogP contribution in [0, 0.1) is 13.8 Å². The van der Waals surface area contributed by atoms with E-state index < -0.39 is 0 Å². The van der Waals surface area contributed by atoms with Crippen molar-refractivity contribution in [1.82, 2.24) is 19.9 Å². The summed E-state index contributed by atoms with van der Waals surface area (Å²) in [6.45, 7) is 5.79. The second kappa shape index (κ2) is 7.21. The number of imidazole rings is 1. The Hall–Kier alpha value is -2.71. The third-order valence-electron chi connectivity index (χ3n) is 6.09. The van der Waals surface area contributed by atoms with E-state index in [0.29, 0.717) is 31.2 Å². The first-order chi connectivity index (χ1) is 14.4. The number of anilines is 1. The van der Waals surface area contributed by atoms with Gasteiger partial charge < -0.3 is 20.4 Å². The predicted octanol–water partition coefficient (Wildman–Crippen LogP) is 3.44. The molecule has 1 fully saturated rings. The summed E-state index contributed by atoms with van der Waals surface area (Å²) < 4.78 is 6.37. The molecule has 0 unspecified atom stereocenters. The number of hydrogen-bond donors (Lipinski definition) is 2. The van der Waals surface area contributed by atoms with Crippen molar-refractivity contribution in [2.24, 2.45) is 0 Å². The van der Waals surface area contributed by atoms with Crippen LogP contribution < -0.4 is 5.73 Å². The molecule has 156 valence electrons. The van der Waals surface area contributed by atoms with Crippen LogP contribution >= 0.6 is 11.3 Å². The van der Waals surface area contributed by atoms with E-state index in [1.807, 2.05) is 30.9 Å². The van der Waals surface area contributed by atoms with Crippen molar-refractivity contribution in [3.63, 3.8) is 0 Å². The molecule has 7 nitrogen and oxygen atoms in total. The molecule has 3 aromatic heterocycles. The van der Waals surface area contributed by atoms with Crippen LogP contribution in [0.4, 0.5) is 5.82 Å². The Kier molecular flexibility index (Phi) is 4.63. The molecule has 5 rings (SSSR count). The summed E-state index contributed by atoms with van der Waals surface area (Å²) in [6, 6.07) is 7.96. The van der Waals surface area contributed by atoms with E-state index in [1.54, 1.807) is 17.4 Å². The van der Waals surface area contributed by atoms with Gasteiger partial charge in [0.05, 0.1) is 22.8 Å². The molecule has 3 N–H and O–H groups in total. The maximum absolute atomic E-state index is 13.0. The average Bonchev–Trinajstić information content (AvgIpc) is 3.32. The summed E-state index contributed by atoms with van der Waals surface area (Å²) in [5, 5.41) is 0. The average molecular weight is 424 g/mol. The number of ether oxygens (including phenoxy) is 1. The van der Waals surface area contributed by atoms with Gasteiger partial charge in [-0.1, -0.05) is 6.07 Å². The number of H-pyrrole nitrogens is 1. The molecule has 0 saturated carbocycles. The van der Waals surface area contributed by atoms with E-state index >= 15 is 0 Å². The third-order valence-corrected chi connectivity index (χ3v) is 7.31. The normalized spacial score (nSPS) is 17.9. The summed E-state index contributed by atoms with van der Waals surface area (Å²) >= 11 is 1.78. The van der Waals surface area contributed by atoms with Gasteiger partial charge >= 0.3 is 0 Å². The number of carbonyl (C=O) groups is 1. The number of piperidine rings is 1. The second-order valence-corrected chi connectivity index (χ2v) is 9.21. The maximum atomic E-state index is 13.0. The highest BCUT2D eigenvalue weighted by molar-refractivity contribution is 7.15. The third kappa shape index (κ3) is 3.20. The molecule has 3 aromatic rings. The standard InChI is InChI=1S/C22H25N5O2S/c1-13-20(25-14(2)24-13)21(28)27-9-7-22(8-10-27)15-12-18(30-17(15)6-11-29-22)16-4-3-5-19(23)26-16/h3-5,12H,6-11H2,1-2H3,(H2,23,26)(H,24,25). The molecule has 8 heteroatoms. The molecule has 0 atom stereocenters. The van der Waals surface area contributed by atoms with Gasteiger partial charge in [0, 0.05) is 30.1 Å². The number of fused-ring (bicyclic) bond motifs is 2. The lowest BCUT2D eigenvalue weighted by molar-refractivity contribution is -0.0926. The maximum Gasteiger partial charge on any atom is 0.274 e. The molecule has 2 aliphatic heterocycles. The number of rotatable bonds is 2. The van der Waals surface area contributed by atoms with Crippen molar-refractivity contribution < 1.29 is 9.53 Å². The number of aromatic amines is 1. The van der Waals surface area contributed by atoms with Crippen LogP contribution in [0.5, 0.6) is 0 Å². The van der Waals surface area contributed by atoms with Gasteiger partial charge in [0.25, 0.3) is 5.91 Å². The van der Waals surface area contributed by atoms with E-state index in [-0.39, 0.29) is 11.5 Å². The van der Waals surface area contributed by atoms with E-state index in [9.17, 15) is 4.79 Å². The van der Waals surface area contributed by atoms with E-state index in [2.05, 4.69) is 21.0 Å². The van der Waals surface area contributed by atoms with Gasteiger partial charge in [0.1, 0.15) is 17.3 Å². The fourth-order valence-electron chi connectivity index (χ4n) is 4.58. The lowest BCUT2D eigenvalue weighted by Gasteiger charge is -2.44. The molecule has 1 spiro atoms. The SMILES string of the molecule is Cc1nc(C(=O)N2CCC3(CC2)OCCc2sc(-c4cccc(N)n4)cc23)c(C)[nH]1. The molecule has 5 heterocycles. The van der Waals surface area contributed by atoms with Crippen LogP contribution in [-0.2, 0) is 16.8 Å². The first-order valence-electron chi connectivity index (χ1n) is 10.3. The molecule has 0 radical (unpaired) electrons. The largest absolute Gasteiger partial charge is 0.384 e. The summed E-state index contributed by atoms with van der Waals surface area (Å²) in [5.41, 5.74) is 9.08. The summed E-state index contributed by atoms with van der Waals surface area (Å²) in [5.74, 6) is 1.30. The van der Waals surface area contributed by atoms with Crippen LogP contribution in [0.1, 0.15) is 45.3 Å². The van der Waals surface area contributed by atoms with Gasteiger partial charge in [-0.05, 0) is 50.5 Å². The number of carbonyl (C=O) groups excluding carboxylic acids is 1. The predicted molar refractivity (Wildman–Crippen MR) is 116 cm³/mol. The van der Waals surface area contributed by atoms with Crippen molar-refractivity contribution in [2.45, 2.75) is 38.7 Å². The van der Waals surface area contributed by atoms with Crippen LogP contribution in [0.25, 0.3) is 10.6 Å². The number of pyridine rings is 1. The molecule has 0 bridgehead atoms. The Labute approximate surface area is 179 Å². The van der Waals surface area contributed by atoms with Gasteiger partial charge in [0.15, 0.2) is 0 Å². The number of amides is 1. The van der Waals surface area contributed by atoms with Crippen molar-refractivity contribution in [3.05, 3.63) is 51.9 Å². The van der Waals surface area contributed by atoms with E-state index in [0.717, 1.165) is 41.4 Å². The minimum absolute atomic E-state index is 0.00213. The van der Waals surface area contributed by atoms with Gasteiger partial charge in [-0.25, -0.2) is 9.97 Å². The summed E-state index contributed by atoms with van der Waals surface area (Å²) in [4.78, 5) is 29.3. The number of thiophene rings is 1. The number of nitrogens with zero attached hydrogens (tertiary/aromatic N) is 3. The van der Waals surface area contributed by atoms with Gasteiger partial charge in [-0.3, -0.25) is 4.79 Å². The zero-order chi connectivity index (χ0) is 20.9. The molecule has 30 heavy (non-hydrogen) atoms. The number of aromatic nitrogens is 3. The highest BCUT2D eigenvalue weighted by Gasteiger charge is 2.43. The second-order valence-electron chi connectivity index (χ2n) is 8.08. The quantitative estimate of drug-likeness (QED) is 0.658. The molecule has 1 amide bonds. The first kappa shape index (κ1) is 19.3. The Morgan fingerprint density at radius 3 is 2.77 bits per heavy atom. The number of nitrogens with one attached hydrogen (secondary N) is 1. The van der Waals surface area contributed by atoms with Crippen molar-refractivity contribution in [3.8, 4) is 10.6 Å². The lowest BCUT2D eigenvalue weighted by atomic mass is 9.82. The Morgan fingerprint density at radius 1 is 1.27 bits per heavy atom. The molecule has 1 saturated heterocycles. The highest BCUT2D eigenvalue weighted by atomic mass is 32.1. The van der Waals surface area contributed by atoms with Gasteiger partial charge in [0.2, 0.25) is 0 Å². The molecular formula is C22H25N5O2S. The van der Waals surface area contributed by atoms with Crippen molar-refractivity contribution in [2.75, 3.05) is 25.4 Å². The van der Waals surface area contributed by atoms with Crippen LogP contribution in [-0.4, -0.2) is 45.5 Å². The van der Waals surface area contributed by atoms with Crippen LogP contribution in [0.3, 0.4) is 0 Å². The van der Waals surface area contributed by atoms with E-state index in [4.69, 9.17) is 10.5 Å². The smallest absolute Gasteiger partial charge is 0.274 e. The highest BCUT2D eigenvalue weighted by Crippen LogP contribution is 2.46. The molecule has 0 aromatic carbocycles. The first-order valence-corrected chi connectivity index (χ1v) is 11.1. The number of nitrogen functional groups attached to an aromatic ring is 1. The molecule has 0 aliphatic carbocycles.